The van der Waals surface area contributed by atoms with Gasteiger partial charge in [0.1, 0.15) is 12.7 Å². The summed E-state index contributed by atoms with van der Waals surface area (Å²) < 4.78 is 5.60. The van der Waals surface area contributed by atoms with E-state index in [9.17, 15) is 0 Å². The van der Waals surface area contributed by atoms with Crippen LogP contribution in [0.4, 0.5) is 0 Å². The third-order valence-electron chi connectivity index (χ3n) is 2.38. The Morgan fingerprint density at radius 2 is 2.14 bits per heavy atom. The fourth-order valence-electron chi connectivity index (χ4n) is 1.61. The molecule has 1 heterocycles. The lowest BCUT2D eigenvalue weighted by molar-refractivity contribution is 0.0121. The summed E-state index contributed by atoms with van der Waals surface area (Å²) in [6.07, 6.45) is 2.20. The number of rotatable bonds is 1. The molecule has 71 valence electrons. The molecule has 0 N–H and O–H groups in total. The molecule has 0 spiro atoms. The van der Waals surface area contributed by atoms with Crippen molar-refractivity contribution in [1.29, 1.82) is 5.26 Å². The molecule has 0 saturated carbocycles. The van der Waals surface area contributed by atoms with Crippen LogP contribution in [0.25, 0.3) is 0 Å². The van der Waals surface area contributed by atoms with Crippen LogP contribution in [0.15, 0.2) is 30.3 Å². The fourth-order valence-corrected chi connectivity index (χ4v) is 1.61. The zero-order chi connectivity index (χ0) is 9.80. The summed E-state index contributed by atoms with van der Waals surface area (Å²) in [5.74, 6) is 0. The van der Waals surface area contributed by atoms with E-state index in [1.54, 1.807) is 4.90 Å². The highest BCUT2D eigenvalue weighted by atomic mass is 16.5. The van der Waals surface area contributed by atoms with Crippen LogP contribution in [0.5, 0.6) is 0 Å². The van der Waals surface area contributed by atoms with Crippen molar-refractivity contribution in [3.63, 3.8) is 0 Å². The van der Waals surface area contributed by atoms with Crippen molar-refractivity contribution < 1.29 is 4.74 Å². The zero-order valence-electron chi connectivity index (χ0n) is 7.89. The third kappa shape index (κ3) is 1.92. The van der Waals surface area contributed by atoms with E-state index in [2.05, 4.69) is 6.19 Å². The Labute approximate surface area is 83.5 Å². The summed E-state index contributed by atoms with van der Waals surface area (Å²) in [5, 5.41) is 8.78. The molecule has 1 saturated heterocycles. The summed E-state index contributed by atoms with van der Waals surface area (Å²) in [4.78, 5) is 1.74. The van der Waals surface area contributed by atoms with E-state index in [0.29, 0.717) is 19.7 Å². The van der Waals surface area contributed by atoms with Crippen molar-refractivity contribution in [3.05, 3.63) is 35.9 Å². The second-order valence-corrected chi connectivity index (χ2v) is 3.32. The Bertz CT molecular complexity index is 331. The first-order valence-electron chi connectivity index (χ1n) is 4.71. The number of morpholine rings is 1. The molecule has 0 aliphatic carbocycles. The minimum atomic E-state index is 0.0459. The van der Waals surface area contributed by atoms with E-state index < -0.39 is 0 Å². The highest BCUT2D eigenvalue weighted by Gasteiger charge is 2.29. The number of benzene rings is 1. The molecule has 0 amide bonds. The largest absolute Gasteiger partial charge is 0.363 e. The number of nitrogens with zero attached hydrogens (tertiary/aromatic N) is 2. The lowest BCUT2D eigenvalue weighted by Gasteiger charge is -2.21. The van der Waals surface area contributed by atoms with Crippen molar-refractivity contribution >= 4 is 0 Å². The Morgan fingerprint density at radius 1 is 1.36 bits per heavy atom. The van der Waals surface area contributed by atoms with E-state index in [-0.39, 0.29) is 6.10 Å². The number of nitriles is 1. The standard InChI is InChI=1S/C11H12N2O/c12-9-13-6-7-14-11(8-13)10-4-2-1-3-5-10/h1-5,11H,6-8H2/q+1. The van der Waals surface area contributed by atoms with Gasteiger partial charge in [0.25, 0.3) is 0 Å². The van der Waals surface area contributed by atoms with Gasteiger partial charge in [-0.3, -0.25) is 0 Å². The first kappa shape index (κ1) is 9.20. The first-order chi connectivity index (χ1) is 6.90. The van der Waals surface area contributed by atoms with E-state index in [1.807, 2.05) is 30.3 Å². The van der Waals surface area contributed by atoms with E-state index in [4.69, 9.17) is 10.00 Å². The molecule has 0 aromatic heterocycles. The monoisotopic (exact) mass is 188 g/mol. The van der Waals surface area contributed by atoms with Crippen LogP contribution in [-0.4, -0.2) is 19.7 Å². The van der Waals surface area contributed by atoms with Gasteiger partial charge in [-0.25, -0.2) is 0 Å². The average molecular weight is 188 g/mol. The average Bonchev–Trinajstić information content (AvgIpc) is 2.30. The van der Waals surface area contributed by atoms with Gasteiger partial charge in [0, 0.05) is 0 Å². The van der Waals surface area contributed by atoms with E-state index in [0.717, 1.165) is 5.56 Å². The maximum Gasteiger partial charge on any atom is 0.363 e. The van der Waals surface area contributed by atoms with Gasteiger partial charge in [0.2, 0.25) is 0 Å². The molecule has 1 aromatic carbocycles. The van der Waals surface area contributed by atoms with E-state index >= 15 is 0 Å². The van der Waals surface area contributed by atoms with Gasteiger partial charge in [0.15, 0.2) is 13.1 Å². The number of ether oxygens (including phenoxy) is 1. The lowest BCUT2D eigenvalue weighted by Crippen LogP contribution is -2.39. The summed E-state index contributed by atoms with van der Waals surface area (Å²) in [6.45, 7) is 2.01. The van der Waals surface area contributed by atoms with E-state index in [1.165, 1.54) is 0 Å². The topological polar surface area (TPSA) is 38.9 Å². The Balaban J connectivity index is 2.09. The van der Waals surface area contributed by atoms with Crippen molar-refractivity contribution in [2.24, 2.45) is 0 Å². The number of hydrogen-bond acceptors (Lipinski definition) is 3. The molecule has 1 aliphatic heterocycles. The molecule has 1 aromatic rings. The highest BCUT2D eigenvalue weighted by molar-refractivity contribution is 5.18. The van der Waals surface area contributed by atoms with Gasteiger partial charge in [-0.15, -0.1) is 5.26 Å². The highest BCUT2D eigenvalue weighted by Crippen LogP contribution is 2.20. The molecule has 1 fully saturated rings. The van der Waals surface area contributed by atoms with Crippen LogP contribution in [-0.2, 0) is 4.74 Å². The maximum absolute atomic E-state index is 8.78. The molecular weight excluding hydrogens is 176 g/mol. The fraction of sp³-hybridized carbons (Fsp3) is 0.364. The minimum Gasteiger partial charge on any atom is -0.361 e. The molecule has 3 nitrogen and oxygen atoms in total. The Hall–Kier alpha value is -1.37. The van der Waals surface area contributed by atoms with Crippen LogP contribution in [0, 0.1) is 11.5 Å². The molecule has 3 heteroatoms. The second-order valence-electron chi connectivity index (χ2n) is 3.32. The van der Waals surface area contributed by atoms with Gasteiger partial charge < -0.3 is 4.74 Å². The SMILES string of the molecule is N#C[N+]1CCOC(c2ccccc2)C1. The van der Waals surface area contributed by atoms with Crippen LogP contribution >= 0.6 is 0 Å². The summed E-state index contributed by atoms with van der Waals surface area (Å²) in [5.41, 5.74) is 1.15. The molecule has 14 heavy (non-hydrogen) atoms. The van der Waals surface area contributed by atoms with Crippen LogP contribution < -0.4 is 4.90 Å². The van der Waals surface area contributed by atoms with Crippen molar-refractivity contribution in [2.75, 3.05) is 19.7 Å². The quantitative estimate of drug-likeness (QED) is 0.493. The van der Waals surface area contributed by atoms with Crippen LogP contribution in [0.1, 0.15) is 11.7 Å². The molecule has 0 bridgehead atoms. The molecule has 1 radical (unpaired) electrons. The Kier molecular flexibility index (Phi) is 2.78. The van der Waals surface area contributed by atoms with Crippen LogP contribution in [0.2, 0.25) is 0 Å². The summed E-state index contributed by atoms with van der Waals surface area (Å²) >= 11 is 0. The lowest BCUT2D eigenvalue weighted by atomic mass is 10.1. The van der Waals surface area contributed by atoms with Gasteiger partial charge in [0.05, 0.1) is 0 Å². The molecule has 1 atom stereocenters. The maximum atomic E-state index is 8.78. The second kappa shape index (κ2) is 4.23. The summed E-state index contributed by atoms with van der Waals surface area (Å²) in [6, 6.07) is 10.0. The van der Waals surface area contributed by atoms with Gasteiger partial charge in [-0.2, -0.15) is 0 Å². The molecule has 2 rings (SSSR count). The molecular formula is C11H12N2O+. The van der Waals surface area contributed by atoms with Gasteiger partial charge in [-0.1, -0.05) is 35.2 Å². The van der Waals surface area contributed by atoms with Crippen molar-refractivity contribution in [1.82, 2.24) is 4.90 Å². The predicted octanol–water partition coefficient (Wildman–Crippen LogP) is 1.38. The van der Waals surface area contributed by atoms with Crippen LogP contribution in [0.3, 0.4) is 0 Å². The number of hydrogen-bond donors (Lipinski definition) is 0. The van der Waals surface area contributed by atoms with Crippen molar-refractivity contribution in [3.8, 4) is 6.19 Å². The van der Waals surface area contributed by atoms with Gasteiger partial charge in [-0.05, 0) is 5.56 Å². The summed E-state index contributed by atoms with van der Waals surface area (Å²) in [7, 11) is 0. The van der Waals surface area contributed by atoms with Gasteiger partial charge >= 0.3 is 6.19 Å². The molecule has 1 unspecified atom stereocenters. The first-order valence-corrected chi connectivity index (χ1v) is 4.71. The minimum absolute atomic E-state index is 0.0459. The zero-order valence-corrected chi connectivity index (χ0v) is 7.89. The Morgan fingerprint density at radius 3 is 2.86 bits per heavy atom. The molecule has 1 aliphatic rings. The predicted molar refractivity (Wildman–Crippen MR) is 52.6 cm³/mol. The van der Waals surface area contributed by atoms with Crippen molar-refractivity contribution in [2.45, 2.75) is 6.10 Å². The third-order valence-corrected chi connectivity index (χ3v) is 2.38. The normalized spacial score (nSPS) is 22.9. The smallest absolute Gasteiger partial charge is 0.361 e.